The molecule has 2 heterocycles. The predicted octanol–water partition coefficient (Wildman–Crippen LogP) is 10.6. The summed E-state index contributed by atoms with van der Waals surface area (Å²) in [4.78, 5) is 0. The lowest BCUT2D eigenvalue weighted by molar-refractivity contribution is 0.654. The van der Waals surface area contributed by atoms with E-state index in [0.29, 0.717) is 0 Å². The maximum atomic E-state index is 4.93. The van der Waals surface area contributed by atoms with Crippen molar-refractivity contribution in [2.75, 3.05) is 0 Å². The SMILES string of the molecule is C=C(c1c(-c2ccccc2)n(CCCC)c2ccccc12)c1c(-c2ccccc2)n(CCCC)c2ccccc12. The molecule has 0 atom stereocenters. The van der Waals surface area contributed by atoms with E-state index in [1.54, 1.807) is 0 Å². The van der Waals surface area contributed by atoms with Crippen LogP contribution in [0.1, 0.15) is 50.7 Å². The van der Waals surface area contributed by atoms with Crippen LogP contribution in [0.25, 0.3) is 49.9 Å². The van der Waals surface area contributed by atoms with Gasteiger partial charge >= 0.3 is 0 Å². The van der Waals surface area contributed by atoms with Crippen LogP contribution in [0, 0.1) is 0 Å². The molecule has 4 aromatic carbocycles. The number of aromatic nitrogens is 2. The minimum absolute atomic E-state index is 0.984. The Morgan fingerprint density at radius 1 is 0.525 bits per heavy atom. The third-order valence-corrected chi connectivity index (χ3v) is 8.11. The Morgan fingerprint density at radius 3 is 1.30 bits per heavy atom. The van der Waals surface area contributed by atoms with Gasteiger partial charge < -0.3 is 9.13 Å². The zero-order valence-corrected chi connectivity index (χ0v) is 23.7. The number of rotatable bonds is 10. The molecule has 0 radical (unpaired) electrons. The molecular weight excluding hydrogens is 484 g/mol. The molecule has 0 amide bonds. The normalized spacial score (nSPS) is 11.4. The van der Waals surface area contributed by atoms with Gasteiger partial charge in [0.15, 0.2) is 0 Å². The van der Waals surface area contributed by atoms with Crippen molar-refractivity contribution in [1.29, 1.82) is 0 Å². The van der Waals surface area contributed by atoms with Crippen LogP contribution < -0.4 is 0 Å². The lowest BCUT2D eigenvalue weighted by Crippen LogP contribution is -2.03. The van der Waals surface area contributed by atoms with Crippen molar-refractivity contribution in [3.63, 3.8) is 0 Å². The Kier molecular flexibility index (Phi) is 7.42. The van der Waals surface area contributed by atoms with Gasteiger partial charge in [0.2, 0.25) is 0 Å². The fraction of sp³-hybridized carbons (Fsp3) is 0.211. The second-order valence-electron chi connectivity index (χ2n) is 10.7. The van der Waals surface area contributed by atoms with E-state index in [1.807, 2.05) is 0 Å². The summed E-state index contributed by atoms with van der Waals surface area (Å²) in [5.41, 5.74) is 11.2. The number of benzene rings is 4. The Labute approximate surface area is 238 Å². The number of nitrogens with zero attached hydrogens (tertiary/aromatic N) is 2. The van der Waals surface area contributed by atoms with Crippen molar-refractivity contribution >= 4 is 27.4 Å². The Morgan fingerprint density at radius 2 is 0.900 bits per heavy atom. The van der Waals surface area contributed by atoms with E-state index in [9.17, 15) is 0 Å². The van der Waals surface area contributed by atoms with E-state index in [-0.39, 0.29) is 0 Å². The van der Waals surface area contributed by atoms with Crippen molar-refractivity contribution in [3.8, 4) is 22.5 Å². The van der Waals surface area contributed by atoms with Gasteiger partial charge in [-0.3, -0.25) is 0 Å². The third-order valence-electron chi connectivity index (χ3n) is 8.11. The van der Waals surface area contributed by atoms with Gasteiger partial charge in [0.1, 0.15) is 0 Å². The molecular formula is C38H38N2. The number of hydrogen-bond donors (Lipinski definition) is 0. The van der Waals surface area contributed by atoms with E-state index in [1.165, 1.54) is 55.4 Å². The first-order chi connectivity index (χ1) is 19.7. The highest BCUT2D eigenvalue weighted by Crippen LogP contribution is 2.46. The number of hydrogen-bond acceptors (Lipinski definition) is 0. The summed E-state index contributed by atoms with van der Waals surface area (Å²) in [6, 6.07) is 39.6. The molecule has 2 nitrogen and oxygen atoms in total. The molecule has 0 spiro atoms. The summed E-state index contributed by atoms with van der Waals surface area (Å²) in [5.74, 6) is 0. The molecule has 200 valence electrons. The van der Waals surface area contributed by atoms with Crippen LogP contribution in [-0.2, 0) is 13.1 Å². The average molecular weight is 523 g/mol. The molecule has 0 saturated carbocycles. The largest absolute Gasteiger partial charge is 0.340 e. The first-order valence-corrected chi connectivity index (χ1v) is 14.8. The lowest BCUT2D eigenvalue weighted by atomic mass is 9.91. The summed E-state index contributed by atoms with van der Waals surface area (Å²) in [5, 5.41) is 2.54. The molecule has 0 aliphatic carbocycles. The Bertz CT molecular complexity index is 1640. The summed E-state index contributed by atoms with van der Waals surface area (Å²) >= 11 is 0. The van der Waals surface area contributed by atoms with Crippen molar-refractivity contribution in [2.24, 2.45) is 0 Å². The molecule has 0 saturated heterocycles. The minimum Gasteiger partial charge on any atom is -0.340 e. The second-order valence-corrected chi connectivity index (χ2v) is 10.7. The maximum absolute atomic E-state index is 4.93. The van der Waals surface area contributed by atoms with Crippen molar-refractivity contribution < 1.29 is 0 Å². The number of para-hydroxylation sites is 2. The summed E-state index contributed by atoms with van der Waals surface area (Å²) in [7, 11) is 0. The van der Waals surface area contributed by atoms with Crippen molar-refractivity contribution in [3.05, 3.63) is 127 Å². The third kappa shape index (κ3) is 4.48. The van der Waals surface area contributed by atoms with Gasteiger partial charge in [0.25, 0.3) is 0 Å². The molecule has 40 heavy (non-hydrogen) atoms. The first kappa shape index (κ1) is 26.0. The van der Waals surface area contributed by atoms with Crippen LogP contribution in [0.3, 0.4) is 0 Å². The molecule has 0 bridgehead atoms. The molecule has 0 fully saturated rings. The van der Waals surface area contributed by atoms with E-state index in [0.717, 1.165) is 44.3 Å². The molecule has 2 aromatic heterocycles. The summed E-state index contributed by atoms with van der Waals surface area (Å²) < 4.78 is 5.07. The second kappa shape index (κ2) is 11.4. The van der Waals surface area contributed by atoms with Crippen LogP contribution in [0.4, 0.5) is 0 Å². The number of unbranched alkanes of at least 4 members (excludes halogenated alkanes) is 2. The van der Waals surface area contributed by atoms with Gasteiger partial charge in [-0.05, 0) is 41.7 Å². The molecule has 0 aliphatic heterocycles. The van der Waals surface area contributed by atoms with Crippen LogP contribution in [0.15, 0.2) is 116 Å². The monoisotopic (exact) mass is 522 g/mol. The van der Waals surface area contributed by atoms with Gasteiger partial charge in [-0.1, -0.05) is 130 Å². The predicted molar refractivity (Wildman–Crippen MR) is 173 cm³/mol. The Hall–Kier alpha value is -4.30. The topological polar surface area (TPSA) is 9.86 Å². The average Bonchev–Trinajstić information content (AvgIpc) is 3.52. The van der Waals surface area contributed by atoms with E-state index >= 15 is 0 Å². The van der Waals surface area contributed by atoms with Crippen molar-refractivity contribution in [1.82, 2.24) is 9.13 Å². The van der Waals surface area contributed by atoms with Crippen LogP contribution in [0.2, 0.25) is 0 Å². The quantitative estimate of drug-likeness (QED) is 0.169. The zero-order chi connectivity index (χ0) is 27.5. The van der Waals surface area contributed by atoms with Gasteiger partial charge in [-0.2, -0.15) is 0 Å². The molecule has 6 rings (SSSR count). The highest BCUT2D eigenvalue weighted by molar-refractivity contribution is 6.11. The molecule has 6 aromatic rings. The van der Waals surface area contributed by atoms with Crippen LogP contribution >= 0.6 is 0 Å². The van der Waals surface area contributed by atoms with Crippen LogP contribution in [-0.4, -0.2) is 9.13 Å². The molecule has 0 aliphatic rings. The zero-order valence-electron chi connectivity index (χ0n) is 23.7. The molecule has 2 heteroatoms. The molecule has 0 N–H and O–H groups in total. The first-order valence-electron chi connectivity index (χ1n) is 14.8. The smallest absolute Gasteiger partial charge is 0.0571 e. The van der Waals surface area contributed by atoms with Crippen LogP contribution in [0.5, 0.6) is 0 Å². The van der Waals surface area contributed by atoms with E-state index in [4.69, 9.17) is 6.58 Å². The summed E-state index contributed by atoms with van der Waals surface area (Å²) in [6.07, 6.45) is 4.58. The highest BCUT2D eigenvalue weighted by Gasteiger charge is 2.26. The van der Waals surface area contributed by atoms with Gasteiger partial charge in [0.05, 0.1) is 11.4 Å². The fourth-order valence-corrected chi connectivity index (χ4v) is 6.23. The maximum Gasteiger partial charge on any atom is 0.0571 e. The van der Waals surface area contributed by atoms with Gasteiger partial charge in [-0.15, -0.1) is 0 Å². The summed E-state index contributed by atoms with van der Waals surface area (Å²) in [6.45, 7) is 11.4. The van der Waals surface area contributed by atoms with Crippen molar-refractivity contribution in [2.45, 2.75) is 52.6 Å². The number of aryl methyl sites for hydroxylation is 2. The lowest BCUT2D eigenvalue weighted by Gasteiger charge is -2.16. The van der Waals surface area contributed by atoms with E-state index in [2.05, 4.69) is 132 Å². The standard InChI is InChI=1S/C38H38N2/c1-4-6-26-39-33-24-16-14-22-31(33)35(37(39)29-18-10-8-11-19-29)28(3)36-32-23-15-17-25-34(32)40(27-7-5-2)38(36)30-20-12-9-13-21-30/h8-25H,3-7,26-27H2,1-2H3. The Balaban J connectivity index is 1.70. The van der Waals surface area contributed by atoms with Gasteiger partial charge in [-0.25, -0.2) is 0 Å². The highest BCUT2D eigenvalue weighted by atomic mass is 15.0. The van der Waals surface area contributed by atoms with Gasteiger partial charge in [0, 0.05) is 46.0 Å². The fourth-order valence-electron chi connectivity index (χ4n) is 6.23. The molecule has 0 unspecified atom stereocenters. The number of fused-ring (bicyclic) bond motifs is 2. The van der Waals surface area contributed by atoms with E-state index < -0.39 is 0 Å². The minimum atomic E-state index is 0.984.